The average Bonchev–Trinajstić information content (AvgIpc) is 3.58. The van der Waals surface area contributed by atoms with E-state index in [2.05, 4.69) is 106 Å². The fourth-order valence-corrected chi connectivity index (χ4v) is 6.07. The summed E-state index contributed by atoms with van der Waals surface area (Å²) in [7, 11) is 0. The molecule has 0 saturated carbocycles. The van der Waals surface area contributed by atoms with Gasteiger partial charge in [0.2, 0.25) is 0 Å². The molecule has 5 nitrogen and oxygen atoms in total. The zero-order valence-electron chi connectivity index (χ0n) is 21.8. The molecule has 0 bridgehead atoms. The number of anilines is 3. The van der Waals surface area contributed by atoms with Gasteiger partial charge in [-0.05, 0) is 70.1 Å². The summed E-state index contributed by atoms with van der Waals surface area (Å²) in [4.78, 5) is 10.9. The van der Waals surface area contributed by atoms with Crippen molar-refractivity contribution < 1.29 is 8.83 Å². The van der Waals surface area contributed by atoms with Crippen LogP contribution in [0.1, 0.15) is 0 Å². The summed E-state index contributed by atoms with van der Waals surface area (Å²) in [5.74, 6) is 0. The predicted octanol–water partition coefficient (Wildman–Crippen LogP) is 10.1. The van der Waals surface area contributed by atoms with Crippen molar-refractivity contribution in [1.29, 1.82) is 0 Å². The van der Waals surface area contributed by atoms with Gasteiger partial charge in [0.1, 0.15) is 22.3 Å². The Kier molecular flexibility index (Phi) is 4.55. The van der Waals surface area contributed by atoms with E-state index in [1.54, 1.807) is 12.4 Å². The number of benzene rings is 5. The minimum Gasteiger partial charge on any atom is -0.456 e. The fourth-order valence-electron chi connectivity index (χ4n) is 6.07. The molecule has 0 saturated heterocycles. The van der Waals surface area contributed by atoms with Crippen LogP contribution in [0.25, 0.3) is 65.4 Å². The molecular formula is C36H21N3O2. The Morgan fingerprint density at radius 1 is 0.415 bits per heavy atom. The van der Waals surface area contributed by atoms with Crippen molar-refractivity contribution in [1.82, 2.24) is 9.97 Å². The minimum absolute atomic E-state index is 0.817. The standard InChI is InChI=1S/C36H21N3O2/c1-2-4-27-22(3-1)5-6-23-7-8-24(17-30(23)27)39(25-9-11-28-31-20-37-15-13-33(31)40-35(28)18-25)26-10-12-29-32-21-38-16-14-34(32)41-36(29)19-26/h1-21H. The van der Waals surface area contributed by atoms with E-state index in [1.165, 1.54) is 21.5 Å². The molecule has 4 heterocycles. The number of pyridine rings is 2. The summed E-state index contributed by atoms with van der Waals surface area (Å²) in [6.45, 7) is 0. The summed E-state index contributed by atoms with van der Waals surface area (Å²) in [6, 6.07) is 36.1. The van der Waals surface area contributed by atoms with Crippen LogP contribution in [-0.4, -0.2) is 9.97 Å². The molecule has 9 rings (SSSR count). The van der Waals surface area contributed by atoms with Crippen LogP contribution in [0.5, 0.6) is 0 Å². The molecule has 5 aromatic carbocycles. The van der Waals surface area contributed by atoms with Crippen molar-refractivity contribution in [2.75, 3.05) is 4.90 Å². The van der Waals surface area contributed by atoms with Crippen molar-refractivity contribution >= 4 is 82.5 Å². The second kappa shape index (κ2) is 8.41. The number of rotatable bonds is 3. The van der Waals surface area contributed by atoms with Crippen LogP contribution in [0.15, 0.2) is 137 Å². The lowest BCUT2D eigenvalue weighted by atomic mass is 10.0. The summed E-state index contributed by atoms with van der Waals surface area (Å²) < 4.78 is 12.5. The largest absolute Gasteiger partial charge is 0.456 e. The Labute approximate surface area is 233 Å². The zero-order chi connectivity index (χ0) is 26.9. The lowest BCUT2D eigenvalue weighted by Crippen LogP contribution is -2.09. The Morgan fingerprint density at radius 2 is 0.951 bits per heavy atom. The molecular weight excluding hydrogens is 506 g/mol. The number of nitrogens with zero attached hydrogens (tertiary/aromatic N) is 3. The highest BCUT2D eigenvalue weighted by atomic mass is 16.3. The maximum absolute atomic E-state index is 6.26. The Morgan fingerprint density at radius 3 is 1.61 bits per heavy atom. The number of fused-ring (bicyclic) bond motifs is 9. The van der Waals surface area contributed by atoms with Crippen LogP contribution >= 0.6 is 0 Å². The summed E-state index contributed by atoms with van der Waals surface area (Å²) in [5.41, 5.74) is 6.31. The summed E-state index contributed by atoms with van der Waals surface area (Å²) >= 11 is 0. The molecule has 0 radical (unpaired) electrons. The highest BCUT2D eigenvalue weighted by Gasteiger charge is 2.18. The second-order valence-corrected chi connectivity index (χ2v) is 10.3. The van der Waals surface area contributed by atoms with Crippen molar-refractivity contribution in [2.45, 2.75) is 0 Å². The lowest BCUT2D eigenvalue weighted by molar-refractivity contribution is 0.668. The van der Waals surface area contributed by atoms with Gasteiger partial charge in [0.05, 0.1) is 0 Å². The molecule has 0 fully saturated rings. The predicted molar refractivity (Wildman–Crippen MR) is 166 cm³/mol. The van der Waals surface area contributed by atoms with E-state index in [-0.39, 0.29) is 0 Å². The molecule has 0 aliphatic rings. The topological polar surface area (TPSA) is 55.3 Å². The third-order valence-corrected chi connectivity index (χ3v) is 8.02. The Balaban J connectivity index is 1.30. The highest BCUT2D eigenvalue weighted by molar-refractivity contribution is 6.10. The minimum atomic E-state index is 0.817. The molecule has 0 spiro atoms. The van der Waals surface area contributed by atoms with Gasteiger partial charge in [-0.15, -0.1) is 0 Å². The van der Waals surface area contributed by atoms with Gasteiger partial charge < -0.3 is 13.7 Å². The van der Waals surface area contributed by atoms with Crippen molar-refractivity contribution in [3.05, 3.63) is 128 Å². The van der Waals surface area contributed by atoms with Crippen LogP contribution in [0.4, 0.5) is 17.1 Å². The third-order valence-electron chi connectivity index (χ3n) is 8.02. The van der Waals surface area contributed by atoms with E-state index in [9.17, 15) is 0 Å². The first-order chi connectivity index (χ1) is 20.3. The Bertz CT molecular complexity index is 2340. The first kappa shape index (κ1) is 22.2. The normalized spacial score (nSPS) is 11.9. The van der Waals surface area contributed by atoms with E-state index in [4.69, 9.17) is 8.83 Å². The van der Waals surface area contributed by atoms with Crippen LogP contribution in [0.3, 0.4) is 0 Å². The number of aromatic nitrogens is 2. The smallest absolute Gasteiger partial charge is 0.138 e. The molecule has 0 aliphatic carbocycles. The van der Waals surface area contributed by atoms with Gasteiger partial charge in [0, 0.05) is 75.5 Å². The molecule has 0 unspecified atom stereocenters. The maximum atomic E-state index is 6.26. The monoisotopic (exact) mass is 527 g/mol. The molecule has 192 valence electrons. The molecule has 5 heteroatoms. The van der Waals surface area contributed by atoms with Gasteiger partial charge in [0.15, 0.2) is 0 Å². The van der Waals surface area contributed by atoms with Gasteiger partial charge in [-0.3, -0.25) is 9.97 Å². The molecule has 41 heavy (non-hydrogen) atoms. The first-order valence-corrected chi connectivity index (χ1v) is 13.5. The summed E-state index contributed by atoms with van der Waals surface area (Å²) in [5, 5.41) is 8.96. The quantitative estimate of drug-likeness (QED) is 0.214. The third kappa shape index (κ3) is 3.36. The van der Waals surface area contributed by atoms with Gasteiger partial charge in [-0.25, -0.2) is 0 Å². The number of hydrogen-bond acceptors (Lipinski definition) is 5. The van der Waals surface area contributed by atoms with E-state index in [0.29, 0.717) is 0 Å². The number of hydrogen-bond donors (Lipinski definition) is 0. The number of furan rings is 2. The average molecular weight is 528 g/mol. The van der Waals surface area contributed by atoms with E-state index in [1.807, 2.05) is 24.5 Å². The molecule has 9 aromatic rings. The van der Waals surface area contributed by atoms with Crippen LogP contribution < -0.4 is 4.90 Å². The van der Waals surface area contributed by atoms with Crippen molar-refractivity contribution in [3.8, 4) is 0 Å². The van der Waals surface area contributed by atoms with Gasteiger partial charge in [-0.2, -0.15) is 0 Å². The van der Waals surface area contributed by atoms with E-state index >= 15 is 0 Å². The molecule has 0 atom stereocenters. The first-order valence-electron chi connectivity index (χ1n) is 13.5. The molecule has 4 aromatic heterocycles. The van der Waals surface area contributed by atoms with Crippen molar-refractivity contribution in [2.24, 2.45) is 0 Å². The van der Waals surface area contributed by atoms with Gasteiger partial charge in [-0.1, -0.05) is 42.5 Å². The fraction of sp³-hybridized carbons (Fsp3) is 0. The summed E-state index contributed by atoms with van der Waals surface area (Å²) in [6.07, 6.45) is 7.24. The Hall–Kier alpha value is -5.68. The lowest BCUT2D eigenvalue weighted by Gasteiger charge is -2.26. The zero-order valence-corrected chi connectivity index (χ0v) is 21.8. The van der Waals surface area contributed by atoms with Crippen LogP contribution in [-0.2, 0) is 0 Å². The molecule has 0 aliphatic heterocycles. The molecule has 0 amide bonds. The SMILES string of the molecule is c1ccc2c(c1)ccc1ccc(N(c3ccc4c(c3)oc3ccncc34)c3ccc4c(c3)oc3ccncc34)cc12. The maximum Gasteiger partial charge on any atom is 0.138 e. The second-order valence-electron chi connectivity index (χ2n) is 10.3. The van der Waals surface area contributed by atoms with E-state index in [0.717, 1.165) is 60.9 Å². The van der Waals surface area contributed by atoms with E-state index < -0.39 is 0 Å². The van der Waals surface area contributed by atoms with Gasteiger partial charge >= 0.3 is 0 Å². The highest BCUT2D eigenvalue weighted by Crippen LogP contribution is 2.42. The van der Waals surface area contributed by atoms with Crippen LogP contribution in [0.2, 0.25) is 0 Å². The van der Waals surface area contributed by atoms with Gasteiger partial charge in [0.25, 0.3) is 0 Å². The van der Waals surface area contributed by atoms with Crippen LogP contribution in [0, 0.1) is 0 Å². The van der Waals surface area contributed by atoms with Crippen molar-refractivity contribution in [3.63, 3.8) is 0 Å². The molecule has 0 N–H and O–H groups in total.